The number of fused-ring (bicyclic) bond motifs is 4. The minimum atomic E-state index is -0.586. The minimum Gasteiger partial charge on any atom is -0.493 e. The third-order valence-corrected chi connectivity index (χ3v) is 8.31. The van der Waals surface area contributed by atoms with E-state index in [1.165, 1.54) is 0 Å². The van der Waals surface area contributed by atoms with Crippen LogP contribution in [-0.4, -0.2) is 75.6 Å². The molecule has 3 aromatic rings. The highest BCUT2D eigenvalue weighted by atomic mass is 16.5. The Morgan fingerprint density at radius 3 is 2.33 bits per heavy atom. The van der Waals surface area contributed by atoms with E-state index >= 15 is 0 Å². The molecule has 2 amide bonds. The lowest BCUT2D eigenvalue weighted by atomic mass is 9.75. The second-order valence-corrected chi connectivity index (χ2v) is 10.5. The van der Waals surface area contributed by atoms with Gasteiger partial charge in [0.15, 0.2) is 11.5 Å². The molecule has 0 radical (unpaired) electrons. The molecule has 3 aliphatic rings. The van der Waals surface area contributed by atoms with Crippen molar-refractivity contribution in [2.45, 2.75) is 18.4 Å². The molecular weight excluding hydrogens is 492 g/mol. The summed E-state index contributed by atoms with van der Waals surface area (Å²) >= 11 is 0. The Balaban J connectivity index is 1.42. The van der Waals surface area contributed by atoms with Gasteiger partial charge >= 0.3 is 0 Å². The van der Waals surface area contributed by atoms with Crippen LogP contribution >= 0.6 is 0 Å². The third kappa shape index (κ3) is 4.38. The number of benzene rings is 3. The van der Waals surface area contributed by atoms with Crippen LogP contribution in [0.25, 0.3) is 0 Å². The van der Waals surface area contributed by atoms with Crippen molar-refractivity contribution in [3.05, 3.63) is 82.9 Å². The van der Waals surface area contributed by atoms with Crippen LogP contribution in [0.5, 0.6) is 11.5 Å². The van der Waals surface area contributed by atoms with Crippen molar-refractivity contribution in [3.8, 4) is 11.5 Å². The van der Waals surface area contributed by atoms with Crippen molar-refractivity contribution in [1.29, 1.82) is 0 Å². The first-order valence-corrected chi connectivity index (χ1v) is 13.5. The number of piperazine rings is 1. The van der Waals surface area contributed by atoms with Gasteiger partial charge in [-0.2, -0.15) is 0 Å². The summed E-state index contributed by atoms with van der Waals surface area (Å²) in [6, 6.07) is 19.0. The summed E-state index contributed by atoms with van der Waals surface area (Å²) in [5, 5.41) is 3.27. The highest BCUT2D eigenvalue weighted by molar-refractivity contribution is 6.05. The predicted octanol–water partition coefficient (Wildman–Crippen LogP) is 3.93. The van der Waals surface area contributed by atoms with Crippen LogP contribution in [0.1, 0.15) is 39.0 Å². The fourth-order valence-corrected chi connectivity index (χ4v) is 6.25. The molecule has 3 aromatic carbocycles. The first kappa shape index (κ1) is 25.2. The number of likely N-dealkylation sites (N-methyl/N-ethyl adjacent to an activating group) is 1. The first-order valence-electron chi connectivity index (χ1n) is 13.5. The van der Waals surface area contributed by atoms with E-state index in [0.717, 1.165) is 54.2 Å². The van der Waals surface area contributed by atoms with Crippen molar-refractivity contribution in [2.24, 2.45) is 0 Å². The number of carbonyl (C=O) groups is 2. The minimum absolute atomic E-state index is 0.0436. The van der Waals surface area contributed by atoms with Gasteiger partial charge < -0.3 is 29.5 Å². The number of para-hydroxylation sites is 2. The maximum absolute atomic E-state index is 14.3. The van der Waals surface area contributed by atoms with E-state index in [0.29, 0.717) is 30.0 Å². The maximum Gasteiger partial charge on any atom is 0.254 e. The van der Waals surface area contributed by atoms with Gasteiger partial charge in [-0.15, -0.1) is 0 Å². The standard InChI is InChI=1S/C31H34N4O4/c1-33-14-16-34(17-15-33)25-11-7-6-10-24(25)32-30(36)28-21-8-4-5-9-22(21)31(37)35-13-12-20-18-26(38-2)27(39-3)19-23(20)29(28)35/h4-11,18-19,28-29H,12-17H2,1-3H3,(H,32,36)/t28-,29-/m1/s1. The second-order valence-electron chi connectivity index (χ2n) is 10.5. The molecule has 39 heavy (non-hydrogen) atoms. The Morgan fingerprint density at radius 1 is 0.872 bits per heavy atom. The predicted molar refractivity (Wildman–Crippen MR) is 151 cm³/mol. The van der Waals surface area contributed by atoms with Crippen molar-refractivity contribution in [1.82, 2.24) is 9.80 Å². The van der Waals surface area contributed by atoms with Gasteiger partial charge in [0.2, 0.25) is 5.91 Å². The average Bonchev–Trinajstić information content (AvgIpc) is 2.97. The molecule has 3 aliphatic heterocycles. The second kappa shape index (κ2) is 10.3. The summed E-state index contributed by atoms with van der Waals surface area (Å²) in [6.45, 7) is 4.27. The zero-order valence-electron chi connectivity index (χ0n) is 22.6. The first-order chi connectivity index (χ1) is 19.0. The molecule has 2 atom stereocenters. The Bertz CT molecular complexity index is 1420. The summed E-state index contributed by atoms with van der Waals surface area (Å²) < 4.78 is 11.2. The lowest BCUT2D eigenvalue weighted by molar-refractivity contribution is -0.119. The number of rotatable bonds is 5. The van der Waals surface area contributed by atoms with Crippen molar-refractivity contribution in [3.63, 3.8) is 0 Å². The molecule has 0 aliphatic carbocycles. The molecule has 1 fully saturated rings. The molecule has 1 N–H and O–H groups in total. The molecule has 3 heterocycles. The molecule has 1 saturated heterocycles. The van der Waals surface area contributed by atoms with Gasteiger partial charge in [-0.05, 0) is 60.5 Å². The molecule has 0 bridgehead atoms. The normalized spacial score (nSPS) is 20.5. The number of methoxy groups -OCH3 is 2. The van der Waals surface area contributed by atoms with Crippen molar-refractivity contribution >= 4 is 23.2 Å². The lowest BCUT2D eigenvalue weighted by Crippen LogP contribution is -2.49. The van der Waals surface area contributed by atoms with Crippen LogP contribution in [0.15, 0.2) is 60.7 Å². The van der Waals surface area contributed by atoms with Crippen LogP contribution in [0.2, 0.25) is 0 Å². The molecule has 0 saturated carbocycles. The van der Waals surface area contributed by atoms with Crippen LogP contribution in [-0.2, 0) is 11.2 Å². The number of anilines is 2. The SMILES string of the molecule is COc1cc2c(cc1OC)[C@@H]1[C@H](C(=O)Nc3ccccc3N3CCN(C)CC3)c3ccccc3C(=O)N1CC2. The summed E-state index contributed by atoms with van der Waals surface area (Å²) in [5.41, 5.74) is 5.14. The van der Waals surface area contributed by atoms with Crippen LogP contribution in [0.3, 0.4) is 0 Å². The van der Waals surface area contributed by atoms with Crippen LogP contribution in [0, 0.1) is 0 Å². The number of hydrogen-bond acceptors (Lipinski definition) is 6. The zero-order chi connectivity index (χ0) is 27.1. The third-order valence-electron chi connectivity index (χ3n) is 8.31. The van der Waals surface area contributed by atoms with E-state index in [-0.39, 0.29) is 11.8 Å². The molecule has 202 valence electrons. The Kier molecular flexibility index (Phi) is 6.64. The van der Waals surface area contributed by atoms with Gasteiger partial charge in [-0.1, -0.05) is 30.3 Å². The van der Waals surface area contributed by atoms with Crippen molar-refractivity contribution < 1.29 is 19.1 Å². The van der Waals surface area contributed by atoms with Gasteiger partial charge in [0.05, 0.1) is 37.6 Å². The molecule has 8 nitrogen and oxygen atoms in total. The molecular formula is C31H34N4O4. The molecule has 0 aromatic heterocycles. The number of hydrogen-bond donors (Lipinski definition) is 1. The van der Waals surface area contributed by atoms with E-state index < -0.39 is 12.0 Å². The van der Waals surface area contributed by atoms with E-state index in [2.05, 4.69) is 28.2 Å². The van der Waals surface area contributed by atoms with Crippen LogP contribution < -0.4 is 19.7 Å². The number of nitrogens with one attached hydrogen (secondary N) is 1. The molecule has 0 spiro atoms. The van der Waals surface area contributed by atoms with Gasteiger partial charge in [-0.3, -0.25) is 9.59 Å². The lowest BCUT2D eigenvalue weighted by Gasteiger charge is -2.45. The van der Waals surface area contributed by atoms with Gasteiger partial charge in [-0.25, -0.2) is 0 Å². The van der Waals surface area contributed by atoms with E-state index in [1.807, 2.05) is 59.5 Å². The highest BCUT2D eigenvalue weighted by Gasteiger charge is 2.46. The Labute approximate surface area is 229 Å². The number of nitrogens with zero attached hydrogens (tertiary/aromatic N) is 3. The van der Waals surface area contributed by atoms with Gasteiger partial charge in [0, 0.05) is 38.3 Å². The highest BCUT2D eigenvalue weighted by Crippen LogP contribution is 2.48. The number of amides is 2. The van der Waals surface area contributed by atoms with Crippen molar-refractivity contribution in [2.75, 3.05) is 64.2 Å². The van der Waals surface area contributed by atoms with Gasteiger partial charge in [0.1, 0.15) is 0 Å². The maximum atomic E-state index is 14.3. The largest absolute Gasteiger partial charge is 0.493 e. The van der Waals surface area contributed by atoms with E-state index in [1.54, 1.807) is 14.2 Å². The van der Waals surface area contributed by atoms with E-state index in [4.69, 9.17) is 9.47 Å². The monoisotopic (exact) mass is 526 g/mol. The fraction of sp³-hybridized carbons (Fsp3) is 0.355. The van der Waals surface area contributed by atoms with Crippen LogP contribution in [0.4, 0.5) is 11.4 Å². The van der Waals surface area contributed by atoms with Gasteiger partial charge in [0.25, 0.3) is 5.91 Å². The molecule has 0 unspecified atom stereocenters. The summed E-state index contributed by atoms with van der Waals surface area (Å²) in [6.07, 6.45) is 0.681. The number of carbonyl (C=O) groups excluding carboxylic acids is 2. The van der Waals surface area contributed by atoms with E-state index in [9.17, 15) is 9.59 Å². The zero-order valence-corrected chi connectivity index (χ0v) is 22.6. The average molecular weight is 527 g/mol. The molecule has 8 heteroatoms. The topological polar surface area (TPSA) is 74.4 Å². The molecule has 6 rings (SSSR count). The Hall–Kier alpha value is -4.04. The number of ether oxygens (including phenoxy) is 2. The quantitative estimate of drug-likeness (QED) is 0.543. The summed E-state index contributed by atoms with van der Waals surface area (Å²) in [7, 11) is 5.35. The smallest absolute Gasteiger partial charge is 0.254 e. The Morgan fingerprint density at radius 2 is 1.56 bits per heavy atom. The summed E-state index contributed by atoms with van der Waals surface area (Å²) in [5.74, 6) is 0.474. The summed E-state index contributed by atoms with van der Waals surface area (Å²) in [4.78, 5) is 34.5. The fourth-order valence-electron chi connectivity index (χ4n) is 6.25.